The smallest absolute Gasteiger partial charge is 0.303 e. The molecule has 0 aromatic heterocycles. The van der Waals surface area contributed by atoms with Crippen molar-refractivity contribution in [3.8, 4) is 0 Å². The Bertz CT molecular complexity index is 136. The maximum atomic E-state index is 10.1. The first-order chi connectivity index (χ1) is 5.13. The van der Waals surface area contributed by atoms with Gasteiger partial charge in [-0.15, -0.1) is 0 Å². The van der Waals surface area contributed by atoms with Gasteiger partial charge in [-0.2, -0.15) is 0 Å². The van der Waals surface area contributed by atoms with Gasteiger partial charge in [0.2, 0.25) is 0 Å². The van der Waals surface area contributed by atoms with E-state index in [0.29, 0.717) is 12.3 Å². The molecule has 0 aromatic carbocycles. The third kappa shape index (κ3) is 9.21. The molecule has 0 unspecified atom stereocenters. The number of hydrogen-bond donors (Lipinski definition) is 1. The molecule has 0 spiro atoms. The molecular weight excluding hydrogens is 140 g/mol. The van der Waals surface area contributed by atoms with Crippen LogP contribution in [0.25, 0.3) is 0 Å². The SMILES string of the molecule is CC(C)C/C=C/CCC(=O)O. The highest BCUT2D eigenvalue weighted by molar-refractivity contribution is 5.66. The van der Waals surface area contributed by atoms with Crippen LogP contribution < -0.4 is 0 Å². The standard InChI is InChI=1S/C9H16O2/c1-8(2)6-4-3-5-7-9(10)11/h3-4,8H,5-7H2,1-2H3,(H,10,11)/b4-3+. The Labute approximate surface area is 67.9 Å². The number of carboxylic acids is 1. The molecule has 1 N–H and O–H groups in total. The van der Waals surface area contributed by atoms with Gasteiger partial charge >= 0.3 is 5.97 Å². The normalized spacial score (nSPS) is 11.2. The number of carbonyl (C=O) groups is 1. The van der Waals surface area contributed by atoms with Gasteiger partial charge in [-0.3, -0.25) is 4.79 Å². The zero-order valence-electron chi connectivity index (χ0n) is 7.21. The first-order valence-corrected chi connectivity index (χ1v) is 3.99. The van der Waals surface area contributed by atoms with Crippen molar-refractivity contribution < 1.29 is 9.90 Å². The number of rotatable bonds is 5. The van der Waals surface area contributed by atoms with Gasteiger partial charge in [-0.1, -0.05) is 26.0 Å². The van der Waals surface area contributed by atoms with E-state index in [0.717, 1.165) is 6.42 Å². The Hall–Kier alpha value is -0.790. The number of aliphatic carboxylic acids is 1. The minimum absolute atomic E-state index is 0.245. The highest BCUT2D eigenvalue weighted by Crippen LogP contribution is 2.01. The van der Waals surface area contributed by atoms with Crippen LogP contribution in [0.5, 0.6) is 0 Å². The minimum atomic E-state index is -0.723. The third-order valence-electron chi connectivity index (χ3n) is 1.30. The van der Waals surface area contributed by atoms with Crippen LogP contribution in [-0.4, -0.2) is 11.1 Å². The largest absolute Gasteiger partial charge is 0.481 e. The van der Waals surface area contributed by atoms with E-state index in [-0.39, 0.29) is 6.42 Å². The molecule has 0 atom stereocenters. The molecule has 11 heavy (non-hydrogen) atoms. The zero-order valence-corrected chi connectivity index (χ0v) is 7.21. The first kappa shape index (κ1) is 10.2. The quantitative estimate of drug-likeness (QED) is 0.621. The predicted octanol–water partition coefficient (Wildman–Crippen LogP) is 2.45. The first-order valence-electron chi connectivity index (χ1n) is 3.99. The Morgan fingerprint density at radius 3 is 2.55 bits per heavy atom. The maximum absolute atomic E-state index is 10.1. The fraction of sp³-hybridized carbons (Fsp3) is 0.667. The lowest BCUT2D eigenvalue weighted by atomic mass is 10.1. The summed E-state index contributed by atoms with van der Waals surface area (Å²) < 4.78 is 0. The Balaban J connectivity index is 3.23. The summed E-state index contributed by atoms with van der Waals surface area (Å²) in [6.45, 7) is 4.28. The molecule has 0 rings (SSSR count). The summed E-state index contributed by atoms with van der Waals surface area (Å²) in [5.41, 5.74) is 0. The average Bonchev–Trinajstić information content (AvgIpc) is 1.85. The molecule has 0 amide bonds. The second-order valence-corrected chi connectivity index (χ2v) is 3.03. The number of hydrogen-bond acceptors (Lipinski definition) is 1. The zero-order chi connectivity index (χ0) is 8.69. The fourth-order valence-corrected chi connectivity index (χ4v) is 0.693. The van der Waals surface area contributed by atoms with Gasteiger partial charge in [0.25, 0.3) is 0 Å². The Morgan fingerprint density at radius 2 is 2.09 bits per heavy atom. The van der Waals surface area contributed by atoms with Crippen LogP contribution in [0.1, 0.15) is 33.1 Å². The van der Waals surface area contributed by atoms with Gasteiger partial charge in [0.15, 0.2) is 0 Å². The van der Waals surface area contributed by atoms with E-state index in [2.05, 4.69) is 13.8 Å². The molecule has 0 aromatic rings. The molecule has 64 valence electrons. The summed E-state index contributed by atoms with van der Waals surface area (Å²) in [5.74, 6) is -0.0599. The molecular formula is C9H16O2. The van der Waals surface area contributed by atoms with Gasteiger partial charge in [0.1, 0.15) is 0 Å². The van der Waals surface area contributed by atoms with E-state index in [1.54, 1.807) is 0 Å². The topological polar surface area (TPSA) is 37.3 Å². The molecule has 0 aliphatic heterocycles. The molecule has 0 radical (unpaired) electrons. The van der Waals surface area contributed by atoms with Crippen molar-refractivity contribution >= 4 is 5.97 Å². The average molecular weight is 156 g/mol. The Kier molecular flexibility index (Phi) is 5.53. The van der Waals surface area contributed by atoms with Crippen molar-refractivity contribution in [2.45, 2.75) is 33.1 Å². The van der Waals surface area contributed by atoms with Crippen molar-refractivity contribution in [1.82, 2.24) is 0 Å². The van der Waals surface area contributed by atoms with Crippen LogP contribution in [0.4, 0.5) is 0 Å². The molecule has 2 nitrogen and oxygen atoms in total. The maximum Gasteiger partial charge on any atom is 0.303 e. The minimum Gasteiger partial charge on any atom is -0.481 e. The van der Waals surface area contributed by atoms with Crippen molar-refractivity contribution in [3.63, 3.8) is 0 Å². The van der Waals surface area contributed by atoms with Crippen molar-refractivity contribution in [2.75, 3.05) is 0 Å². The van der Waals surface area contributed by atoms with Crippen molar-refractivity contribution in [3.05, 3.63) is 12.2 Å². The monoisotopic (exact) mass is 156 g/mol. The van der Waals surface area contributed by atoms with Gasteiger partial charge in [-0.25, -0.2) is 0 Å². The van der Waals surface area contributed by atoms with Crippen LogP contribution in [-0.2, 0) is 4.79 Å². The van der Waals surface area contributed by atoms with E-state index in [9.17, 15) is 4.79 Å². The lowest BCUT2D eigenvalue weighted by Crippen LogP contribution is -1.91. The van der Waals surface area contributed by atoms with Gasteiger partial charge in [-0.05, 0) is 18.8 Å². The molecule has 0 saturated heterocycles. The van der Waals surface area contributed by atoms with Crippen LogP contribution in [0.15, 0.2) is 12.2 Å². The summed E-state index contributed by atoms with van der Waals surface area (Å²) in [6, 6.07) is 0. The van der Waals surface area contributed by atoms with Crippen molar-refractivity contribution in [1.29, 1.82) is 0 Å². The molecule has 0 aliphatic rings. The van der Waals surface area contributed by atoms with Crippen LogP contribution in [0, 0.1) is 5.92 Å². The summed E-state index contributed by atoms with van der Waals surface area (Å²) in [6.07, 6.45) is 5.93. The molecule has 0 bridgehead atoms. The lowest BCUT2D eigenvalue weighted by molar-refractivity contribution is -0.136. The second kappa shape index (κ2) is 5.96. The van der Waals surface area contributed by atoms with E-state index >= 15 is 0 Å². The van der Waals surface area contributed by atoms with Gasteiger partial charge in [0, 0.05) is 6.42 Å². The van der Waals surface area contributed by atoms with Gasteiger partial charge < -0.3 is 5.11 Å². The molecule has 0 fully saturated rings. The fourth-order valence-electron chi connectivity index (χ4n) is 0.693. The van der Waals surface area contributed by atoms with E-state index in [1.165, 1.54) is 0 Å². The molecule has 0 heterocycles. The number of allylic oxidation sites excluding steroid dienone is 2. The molecule has 2 heteroatoms. The van der Waals surface area contributed by atoms with E-state index in [4.69, 9.17) is 5.11 Å². The Morgan fingerprint density at radius 1 is 1.45 bits per heavy atom. The molecule has 0 saturated carbocycles. The summed E-state index contributed by atoms with van der Waals surface area (Å²) in [7, 11) is 0. The molecule has 0 aliphatic carbocycles. The summed E-state index contributed by atoms with van der Waals surface area (Å²) in [4.78, 5) is 10.1. The van der Waals surface area contributed by atoms with E-state index in [1.807, 2.05) is 12.2 Å². The van der Waals surface area contributed by atoms with E-state index < -0.39 is 5.97 Å². The van der Waals surface area contributed by atoms with Gasteiger partial charge in [0.05, 0.1) is 0 Å². The summed E-state index contributed by atoms with van der Waals surface area (Å²) >= 11 is 0. The van der Waals surface area contributed by atoms with Crippen LogP contribution >= 0.6 is 0 Å². The third-order valence-corrected chi connectivity index (χ3v) is 1.30. The van der Waals surface area contributed by atoms with Crippen LogP contribution in [0.3, 0.4) is 0 Å². The number of carboxylic acid groups (broad SMARTS) is 1. The lowest BCUT2D eigenvalue weighted by Gasteiger charge is -1.95. The highest BCUT2D eigenvalue weighted by atomic mass is 16.4. The predicted molar refractivity (Wildman–Crippen MR) is 45.5 cm³/mol. The van der Waals surface area contributed by atoms with Crippen LogP contribution in [0.2, 0.25) is 0 Å². The highest BCUT2D eigenvalue weighted by Gasteiger charge is 1.92. The van der Waals surface area contributed by atoms with Crippen molar-refractivity contribution in [2.24, 2.45) is 5.92 Å². The summed E-state index contributed by atoms with van der Waals surface area (Å²) in [5, 5.41) is 8.29. The second-order valence-electron chi connectivity index (χ2n) is 3.03.